The van der Waals surface area contributed by atoms with E-state index in [1.807, 2.05) is 12.1 Å². The molecule has 0 saturated carbocycles. The molecule has 0 radical (unpaired) electrons. The number of carbonyl (C=O) groups excluding carboxylic acids is 2. The molecule has 3 aromatic rings. The number of rotatable bonds is 16. The number of hydrogen-bond acceptors (Lipinski definition) is 11. The molecular weight excluding hydrogens is 534 g/mol. The molecule has 3 N–H and O–H groups in total. The Balaban J connectivity index is 1.81. The number of aromatic nitrogens is 3. The maximum absolute atomic E-state index is 13.0. The van der Waals surface area contributed by atoms with Gasteiger partial charge in [-0.15, -0.1) is 15.0 Å². The first kappa shape index (κ1) is 29.9. The monoisotopic (exact) mass is 565 g/mol. The van der Waals surface area contributed by atoms with Crippen molar-refractivity contribution in [1.82, 2.24) is 25.2 Å². The standard InChI is InChI=1S/C24H31N5O9S/c1-36-23(37-2)14-25-24(32)20(10-12-39(33,34)35)28(15-38-16-30)11-9-17-7-8-22(31)21(13-17)29-26-18-5-3-4-6-19(18)27-29/h3-8,13,16,20,23,31H,9-12,14-15H2,1-2H3,(H,25,32)(H,33,34,35). The molecule has 1 heterocycles. The van der Waals surface area contributed by atoms with E-state index in [4.69, 9.17) is 14.2 Å². The van der Waals surface area contributed by atoms with Crippen molar-refractivity contribution in [2.75, 3.05) is 39.8 Å². The number of amides is 1. The van der Waals surface area contributed by atoms with Gasteiger partial charge in [-0.2, -0.15) is 8.42 Å². The molecule has 14 nitrogen and oxygen atoms in total. The summed E-state index contributed by atoms with van der Waals surface area (Å²) in [5, 5.41) is 21.8. The quantitative estimate of drug-likeness (QED) is 0.124. The van der Waals surface area contributed by atoms with E-state index in [9.17, 15) is 27.7 Å². The first-order valence-corrected chi connectivity index (χ1v) is 13.5. The van der Waals surface area contributed by atoms with Crippen LogP contribution in [0.1, 0.15) is 12.0 Å². The summed E-state index contributed by atoms with van der Waals surface area (Å²) in [4.78, 5) is 26.8. The van der Waals surface area contributed by atoms with Crippen LogP contribution in [0.4, 0.5) is 0 Å². The highest BCUT2D eigenvalue weighted by Crippen LogP contribution is 2.24. The van der Waals surface area contributed by atoms with Gasteiger partial charge in [0, 0.05) is 20.8 Å². The third kappa shape index (κ3) is 8.69. The number of hydrogen-bond donors (Lipinski definition) is 3. The summed E-state index contributed by atoms with van der Waals surface area (Å²) >= 11 is 0. The van der Waals surface area contributed by atoms with Crippen LogP contribution < -0.4 is 5.32 Å². The molecule has 2 aromatic carbocycles. The molecule has 0 spiro atoms. The minimum absolute atomic E-state index is 0.0247. The normalized spacial score (nSPS) is 12.6. The number of nitrogens with one attached hydrogen (secondary N) is 1. The molecule has 0 fully saturated rings. The van der Waals surface area contributed by atoms with Crippen LogP contribution in [0.3, 0.4) is 0 Å². The van der Waals surface area contributed by atoms with Gasteiger partial charge in [0.05, 0.1) is 18.3 Å². The third-order valence-corrected chi connectivity index (χ3v) is 6.65. The van der Waals surface area contributed by atoms with Crippen molar-refractivity contribution in [2.24, 2.45) is 0 Å². The molecule has 1 amide bonds. The number of carbonyl (C=O) groups is 2. The van der Waals surface area contributed by atoms with Gasteiger partial charge in [0.15, 0.2) is 6.29 Å². The summed E-state index contributed by atoms with van der Waals surface area (Å²) in [5.41, 5.74) is 2.37. The third-order valence-electron chi connectivity index (χ3n) is 5.90. The van der Waals surface area contributed by atoms with Gasteiger partial charge in [-0.25, -0.2) is 0 Å². The van der Waals surface area contributed by atoms with E-state index in [0.717, 1.165) is 5.56 Å². The summed E-state index contributed by atoms with van der Waals surface area (Å²) in [6.45, 7) is 0.0165. The van der Waals surface area contributed by atoms with Gasteiger partial charge in [-0.05, 0) is 42.7 Å². The molecule has 1 aromatic heterocycles. The van der Waals surface area contributed by atoms with Gasteiger partial charge in [0.25, 0.3) is 16.6 Å². The van der Waals surface area contributed by atoms with E-state index in [1.54, 1.807) is 24.3 Å². The van der Waals surface area contributed by atoms with E-state index in [1.165, 1.54) is 30.0 Å². The van der Waals surface area contributed by atoms with Crippen LogP contribution in [0.25, 0.3) is 16.7 Å². The van der Waals surface area contributed by atoms with Crippen LogP contribution in [0.5, 0.6) is 5.75 Å². The zero-order chi connectivity index (χ0) is 28.4. The second-order valence-electron chi connectivity index (χ2n) is 8.49. The fraction of sp³-hybridized carbons (Fsp3) is 0.417. The molecule has 0 saturated heterocycles. The fourth-order valence-electron chi connectivity index (χ4n) is 3.87. The van der Waals surface area contributed by atoms with Crippen LogP contribution >= 0.6 is 0 Å². The Morgan fingerprint density at radius 2 is 1.82 bits per heavy atom. The minimum atomic E-state index is -4.38. The predicted octanol–water partition coefficient (Wildman–Crippen LogP) is 0.483. The largest absolute Gasteiger partial charge is 0.506 e. The summed E-state index contributed by atoms with van der Waals surface area (Å²) < 4.78 is 47.2. The van der Waals surface area contributed by atoms with E-state index < -0.39 is 34.1 Å². The van der Waals surface area contributed by atoms with Crippen LogP contribution in [0.15, 0.2) is 42.5 Å². The molecule has 212 valence electrons. The highest BCUT2D eigenvalue weighted by molar-refractivity contribution is 7.85. The summed E-state index contributed by atoms with van der Waals surface area (Å²) in [6, 6.07) is 11.0. The van der Waals surface area contributed by atoms with Gasteiger partial charge in [-0.3, -0.25) is 19.0 Å². The molecule has 0 aliphatic rings. The minimum Gasteiger partial charge on any atom is -0.506 e. The van der Waals surface area contributed by atoms with Gasteiger partial charge in [0.2, 0.25) is 5.91 Å². The van der Waals surface area contributed by atoms with Crippen molar-refractivity contribution in [3.8, 4) is 11.4 Å². The Morgan fingerprint density at radius 1 is 1.15 bits per heavy atom. The van der Waals surface area contributed by atoms with Gasteiger partial charge in [0.1, 0.15) is 29.2 Å². The van der Waals surface area contributed by atoms with Gasteiger partial charge >= 0.3 is 0 Å². The lowest BCUT2D eigenvalue weighted by molar-refractivity contribution is -0.141. The number of phenols is 1. The summed E-state index contributed by atoms with van der Waals surface area (Å²) in [5.74, 6) is -1.31. The second kappa shape index (κ2) is 14.0. The summed E-state index contributed by atoms with van der Waals surface area (Å²) in [7, 11) is -1.58. The molecule has 1 unspecified atom stereocenters. The number of fused-ring (bicyclic) bond motifs is 1. The second-order valence-corrected chi connectivity index (χ2v) is 10.1. The van der Waals surface area contributed by atoms with Crippen LogP contribution in [-0.4, -0.2) is 102 Å². The van der Waals surface area contributed by atoms with Crippen molar-refractivity contribution >= 4 is 33.5 Å². The van der Waals surface area contributed by atoms with Crippen molar-refractivity contribution in [3.05, 3.63) is 48.0 Å². The first-order valence-electron chi connectivity index (χ1n) is 11.9. The SMILES string of the molecule is COC(CNC(=O)C(CCS(=O)(=O)O)N(CCc1ccc(O)c(-n2nc3ccccc3n2)c1)COC=O)OC. The lowest BCUT2D eigenvalue weighted by atomic mass is 10.1. The van der Waals surface area contributed by atoms with Gasteiger partial charge < -0.3 is 24.6 Å². The Bertz CT molecular complexity index is 1330. The van der Waals surface area contributed by atoms with Crippen LogP contribution in [0, 0.1) is 0 Å². The molecule has 0 bridgehead atoms. The van der Waals surface area contributed by atoms with E-state index in [-0.39, 0.29) is 38.5 Å². The number of nitrogens with zero attached hydrogens (tertiary/aromatic N) is 4. The molecule has 0 aliphatic heterocycles. The Kier molecular flexibility index (Phi) is 10.7. The van der Waals surface area contributed by atoms with E-state index >= 15 is 0 Å². The zero-order valence-electron chi connectivity index (χ0n) is 21.5. The van der Waals surface area contributed by atoms with Crippen LogP contribution in [-0.2, 0) is 40.3 Å². The number of ether oxygens (including phenoxy) is 3. The van der Waals surface area contributed by atoms with Crippen molar-refractivity contribution in [2.45, 2.75) is 25.2 Å². The lowest BCUT2D eigenvalue weighted by Gasteiger charge is -2.30. The van der Waals surface area contributed by atoms with Crippen molar-refractivity contribution in [3.63, 3.8) is 0 Å². The Hall–Kier alpha value is -3.63. The van der Waals surface area contributed by atoms with Crippen molar-refractivity contribution < 1.29 is 41.9 Å². The molecule has 3 rings (SSSR count). The number of benzene rings is 2. The smallest absolute Gasteiger partial charge is 0.294 e. The molecule has 0 aliphatic carbocycles. The fourth-order valence-corrected chi connectivity index (χ4v) is 4.39. The highest BCUT2D eigenvalue weighted by Gasteiger charge is 2.28. The molecule has 1 atom stereocenters. The molecule has 39 heavy (non-hydrogen) atoms. The van der Waals surface area contributed by atoms with E-state index in [2.05, 4.69) is 15.5 Å². The predicted molar refractivity (Wildman–Crippen MR) is 139 cm³/mol. The lowest BCUT2D eigenvalue weighted by Crippen LogP contribution is -2.50. The van der Waals surface area contributed by atoms with E-state index in [0.29, 0.717) is 23.1 Å². The Morgan fingerprint density at radius 3 is 2.41 bits per heavy atom. The Labute approximate surface area is 225 Å². The number of aromatic hydroxyl groups is 1. The summed E-state index contributed by atoms with van der Waals surface area (Å²) in [6.07, 6.45) is -0.703. The molecular formula is C24H31N5O9S. The van der Waals surface area contributed by atoms with Gasteiger partial charge in [-0.1, -0.05) is 18.2 Å². The zero-order valence-corrected chi connectivity index (χ0v) is 22.3. The average molecular weight is 566 g/mol. The number of phenolic OH excluding ortho intramolecular Hbond substituents is 1. The maximum atomic E-state index is 13.0. The highest BCUT2D eigenvalue weighted by atomic mass is 32.2. The maximum Gasteiger partial charge on any atom is 0.294 e. The van der Waals surface area contributed by atoms with Crippen LogP contribution in [0.2, 0.25) is 0 Å². The number of methoxy groups -OCH3 is 2. The topological polar surface area (TPSA) is 182 Å². The average Bonchev–Trinajstić information content (AvgIpc) is 3.34. The first-order chi connectivity index (χ1) is 18.6. The van der Waals surface area contributed by atoms with Crippen molar-refractivity contribution in [1.29, 1.82) is 0 Å². The molecule has 15 heteroatoms.